The summed E-state index contributed by atoms with van der Waals surface area (Å²) in [6, 6.07) is 0. The standard InChI is InChI=1S/C10H20N2O2S/c1-9(2)5-7-12-15(13,14)10-4-3-6-11-8-10/h5,10-12H,3-4,6-8H2,1-2H3. The van der Waals surface area contributed by atoms with Gasteiger partial charge in [-0.3, -0.25) is 0 Å². The maximum absolute atomic E-state index is 11.8. The van der Waals surface area contributed by atoms with Crippen LogP contribution >= 0.6 is 0 Å². The zero-order valence-electron chi connectivity index (χ0n) is 9.41. The number of nitrogens with one attached hydrogen (secondary N) is 2. The van der Waals surface area contributed by atoms with E-state index in [1.54, 1.807) is 0 Å². The van der Waals surface area contributed by atoms with Gasteiger partial charge in [0.1, 0.15) is 0 Å². The summed E-state index contributed by atoms with van der Waals surface area (Å²) in [5, 5.41) is 2.84. The highest BCUT2D eigenvalue weighted by Gasteiger charge is 2.26. The molecule has 15 heavy (non-hydrogen) atoms. The van der Waals surface area contributed by atoms with Crippen molar-refractivity contribution in [3.05, 3.63) is 11.6 Å². The summed E-state index contributed by atoms with van der Waals surface area (Å²) < 4.78 is 26.2. The second-order valence-corrected chi connectivity index (χ2v) is 6.19. The highest BCUT2D eigenvalue weighted by molar-refractivity contribution is 7.90. The lowest BCUT2D eigenvalue weighted by molar-refractivity contribution is 0.491. The maximum Gasteiger partial charge on any atom is 0.216 e. The molecule has 5 heteroatoms. The van der Waals surface area contributed by atoms with Crippen LogP contribution in [0.25, 0.3) is 0 Å². The van der Waals surface area contributed by atoms with E-state index in [4.69, 9.17) is 0 Å². The first kappa shape index (κ1) is 12.7. The van der Waals surface area contributed by atoms with E-state index < -0.39 is 10.0 Å². The molecule has 0 aromatic rings. The number of allylic oxidation sites excluding steroid dienone is 1. The van der Waals surface area contributed by atoms with Gasteiger partial charge in [-0.1, -0.05) is 11.6 Å². The first-order valence-corrected chi connectivity index (χ1v) is 6.89. The monoisotopic (exact) mass is 232 g/mol. The van der Waals surface area contributed by atoms with E-state index in [1.807, 2.05) is 19.9 Å². The second-order valence-electron chi connectivity index (χ2n) is 4.14. The van der Waals surface area contributed by atoms with Gasteiger partial charge in [0.25, 0.3) is 0 Å². The Morgan fingerprint density at radius 2 is 2.27 bits per heavy atom. The van der Waals surface area contributed by atoms with Gasteiger partial charge in [-0.2, -0.15) is 0 Å². The number of piperidine rings is 1. The van der Waals surface area contributed by atoms with Gasteiger partial charge < -0.3 is 5.32 Å². The average molecular weight is 232 g/mol. The molecule has 4 nitrogen and oxygen atoms in total. The summed E-state index contributed by atoms with van der Waals surface area (Å²) in [6.45, 7) is 5.82. The summed E-state index contributed by atoms with van der Waals surface area (Å²) in [7, 11) is -3.14. The zero-order chi connectivity index (χ0) is 11.3. The average Bonchev–Trinajstić information content (AvgIpc) is 2.18. The van der Waals surface area contributed by atoms with Crippen molar-refractivity contribution in [2.24, 2.45) is 0 Å². The Bertz CT molecular complexity index is 312. The van der Waals surface area contributed by atoms with Crippen LogP contribution in [0, 0.1) is 0 Å². The molecular formula is C10H20N2O2S. The van der Waals surface area contributed by atoms with Crippen molar-refractivity contribution < 1.29 is 8.42 Å². The highest BCUT2D eigenvalue weighted by Crippen LogP contribution is 2.10. The Balaban J connectivity index is 2.47. The van der Waals surface area contributed by atoms with Gasteiger partial charge in [0, 0.05) is 13.1 Å². The molecule has 1 heterocycles. The second kappa shape index (κ2) is 5.63. The first-order chi connectivity index (χ1) is 7.02. The predicted octanol–water partition coefficient (Wildman–Crippen LogP) is 0.624. The fourth-order valence-electron chi connectivity index (χ4n) is 1.56. The van der Waals surface area contributed by atoms with E-state index in [1.165, 1.54) is 0 Å². The van der Waals surface area contributed by atoms with E-state index in [-0.39, 0.29) is 5.25 Å². The molecule has 0 bridgehead atoms. The van der Waals surface area contributed by atoms with Crippen LogP contribution in [-0.2, 0) is 10.0 Å². The van der Waals surface area contributed by atoms with Gasteiger partial charge >= 0.3 is 0 Å². The Hall–Kier alpha value is -0.390. The third-order valence-corrected chi connectivity index (χ3v) is 4.33. The third-order valence-electron chi connectivity index (χ3n) is 2.49. The maximum atomic E-state index is 11.8. The van der Waals surface area contributed by atoms with Crippen molar-refractivity contribution in [2.75, 3.05) is 19.6 Å². The Morgan fingerprint density at radius 1 is 1.53 bits per heavy atom. The zero-order valence-corrected chi connectivity index (χ0v) is 10.2. The SMILES string of the molecule is CC(C)=CCNS(=O)(=O)C1CCCNC1. The van der Waals surface area contributed by atoms with E-state index in [2.05, 4.69) is 10.0 Å². The molecular weight excluding hydrogens is 212 g/mol. The quantitative estimate of drug-likeness (QED) is 0.699. The molecule has 1 atom stereocenters. The molecule has 0 aromatic heterocycles. The van der Waals surface area contributed by atoms with Crippen LogP contribution in [0.15, 0.2) is 11.6 Å². The summed E-state index contributed by atoms with van der Waals surface area (Å²) in [4.78, 5) is 0. The molecule has 2 N–H and O–H groups in total. The molecule has 0 amide bonds. The summed E-state index contributed by atoms with van der Waals surface area (Å²) >= 11 is 0. The predicted molar refractivity (Wildman–Crippen MR) is 62.2 cm³/mol. The van der Waals surface area contributed by atoms with Gasteiger partial charge in [0.2, 0.25) is 10.0 Å². The molecule has 1 rings (SSSR count). The van der Waals surface area contributed by atoms with Gasteiger partial charge in [-0.25, -0.2) is 13.1 Å². The Labute approximate surface area is 92.2 Å². The molecule has 88 valence electrons. The van der Waals surface area contributed by atoms with Crippen LogP contribution in [0.5, 0.6) is 0 Å². The van der Waals surface area contributed by atoms with Crippen molar-refractivity contribution in [1.29, 1.82) is 0 Å². The van der Waals surface area contributed by atoms with Crippen LogP contribution in [0.3, 0.4) is 0 Å². The van der Waals surface area contributed by atoms with E-state index in [0.29, 0.717) is 13.1 Å². The summed E-state index contributed by atoms with van der Waals surface area (Å²) in [5.74, 6) is 0. The Morgan fingerprint density at radius 3 is 2.80 bits per heavy atom. The van der Waals surface area contributed by atoms with Crippen molar-refractivity contribution in [3.63, 3.8) is 0 Å². The minimum Gasteiger partial charge on any atom is -0.315 e. The molecule has 1 unspecified atom stereocenters. The van der Waals surface area contributed by atoms with Gasteiger partial charge in [0.15, 0.2) is 0 Å². The molecule has 0 radical (unpaired) electrons. The van der Waals surface area contributed by atoms with Crippen LogP contribution in [0.4, 0.5) is 0 Å². The first-order valence-electron chi connectivity index (χ1n) is 5.35. The molecule has 1 saturated heterocycles. The van der Waals surface area contributed by atoms with Crippen molar-refractivity contribution in [1.82, 2.24) is 10.0 Å². The largest absolute Gasteiger partial charge is 0.315 e. The van der Waals surface area contributed by atoms with Crippen LogP contribution in [0.2, 0.25) is 0 Å². The summed E-state index contributed by atoms with van der Waals surface area (Å²) in [6.07, 6.45) is 3.58. The fourth-order valence-corrected chi connectivity index (χ4v) is 2.93. The molecule has 0 spiro atoms. The molecule has 0 saturated carbocycles. The smallest absolute Gasteiger partial charge is 0.216 e. The number of hydrogen-bond donors (Lipinski definition) is 2. The lowest BCUT2D eigenvalue weighted by atomic mass is 10.2. The summed E-state index contributed by atoms with van der Waals surface area (Å²) in [5.41, 5.74) is 1.12. The lowest BCUT2D eigenvalue weighted by Crippen LogP contribution is -2.44. The molecule has 1 fully saturated rings. The molecule has 0 aliphatic carbocycles. The number of hydrogen-bond acceptors (Lipinski definition) is 3. The lowest BCUT2D eigenvalue weighted by Gasteiger charge is -2.22. The van der Waals surface area contributed by atoms with E-state index in [9.17, 15) is 8.42 Å². The number of rotatable bonds is 4. The van der Waals surface area contributed by atoms with Crippen LogP contribution in [-0.4, -0.2) is 33.3 Å². The minimum atomic E-state index is -3.14. The van der Waals surface area contributed by atoms with Gasteiger partial charge in [0.05, 0.1) is 5.25 Å². The third kappa shape index (κ3) is 4.32. The van der Waals surface area contributed by atoms with Crippen molar-refractivity contribution in [2.45, 2.75) is 31.9 Å². The minimum absolute atomic E-state index is 0.267. The van der Waals surface area contributed by atoms with Crippen molar-refractivity contribution >= 4 is 10.0 Å². The van der Waals surface area contributed by atoms with Gasteiger partial charge in [-0.15, -0.1) is 0 Å². The molecule has 1 aliphatic rings. The normalized spacial score (nSPS) is 22.4. The number of sulfonamides is 1. The molecule has 0 aromatic carbocycles. The van der Waals surface area contributed by atoms with Gasteiger partial charge in [-0.05, 0) is 33.2 Å². The van der Waals surface area contributed by atoms with Crippen LogP contribution in [0.1, 0.15) is 26.7 Å². The van der Waals surface area contributed by atoms with E-state index >= 15 is 0 Å². The molecule has 1 aliphatic heterocycles. The highest BCUT2D eigenvalue weighted by atomic mass is 32.2. The van der Waals surface area contributed by atoms with E-state index in [0.717, 1.165) is 25.0 Å². The van der Waals surface area contributed by atoms with Crippen molar-refractivity contribution in [3.8, 4) is 0 Å². The Kier molecular flexibility index (Phi) is 4.76. The fraction of sp³-hybridized carbons (Fsp3) is 0.800. The topological polar surface area (TPSA) is 58.2 Å². The van der Waals surface area contributed by atoms with Crippen LogP contribution < -0.4 is 10.0 Å².